The van der Waals surface area contributed by atoms with Crippen LogP contribution in [0.25, 0.3) is 6.08 Å². The third kappa shape index (κ3) is 5.11. The zero-order valence-electron chi connectivity index (χ0n) is 14.7. The van der Waals surface area contributed by atoms with E-state index in [-0.39, 0.29) is 11.8 Å². The molecule has 0 spiro atoms. The van der Waals surface area contributed by atoms with Gasteiger partial charge in [-0.3, -0.25) is 9.59 Å². The van der Waals surface area contributed by atoms with Crippen molar-refractivity contribution in [3.05, 3.63) is 42.5 Å². The van der Waals surface area contributed by atoms with E-state index in [2.05, 4.69) is 6.58 Å². The molecule has 0 bridgehead atoms. The summed E-state index contributed by atoms with van der Waals surface area (Å²) in [5, 5.41) is 0. The lowest BCUT2D eigenvalue weighted by Gasteiger charge is -2.33. The van der Waals surface area contributed by atoms with Gasteiger partial charge in [0.25, 0.3) is 0 Å². The summed E-state index contributed by atoms with van der Waals surface area (Å²) >= 11 is 0. The van der Waals surface area contributed by atoms with Gasteiger partial charge in [0, 0.05) is 39.2 Å². The highest BCUT2D eigenvalue weighted by molar-refractivity contribution is 5.92. The van der Waals surface area contributed by atoms with E-state index in [0.29, 0.717) is 44.3 Å². The Hall–Kier alpha value is -2.76. The maximum atomic E-state index is 12.3. The number of methoxy groups -OCH3 is 1. The Labute approximate surface area is 148 Å². The minimum absolute atomic E-state index is 0.0495. The average Bonchev–Trinajstić information content (AvgIpc) is 2.64. The first-order chi connectivity index (χ1) is 12.0. The van der Waals surface area contributed by atoms with Crippen LogP contribution in [0.15, 0.2) is 36.9 Å². The van der Waals surface area contributed by atoms with E-state index in [1.807, 2.05) is 12.1 Å². The second kappa shape index (κ2) is 8.92. The number of carbonyl (C=O) groups excluding carboxylic acids is 2. The number of hydrogen-bond donors (Lipinski definition) is 0. The summed E-state index contributed by atoms with van der Waals surface area (Å²) in [4.78, 5) is 27.1. The number of amides is 2. The summed E-state index contributed by atoms with van der Waals surface area (Å²) in [6.45, 7) is 7.84. The van der Waals surface area contributed by atoms with Crippen molar-refractivity contribution in [2.24, 2.45) is 0 Å². The van der Waals surface area contributed by atoms with Gasteiger partial charge in [0.15, 0.2) is 11.5 Å². The first kappa shape index (κ1) is 18.6. The van der Waals surface area contributed by atoms with Crippen molar-refractivity contribution in [3.63, 3.8) is 0 Å². The molecule has 6 nitrogen and oxygen atoms in total. The fourth-order valence-electron chi connectivity index (χ4n) is 2.57. The fraction of sp³-hybridized carbons (Fsp3) is 0.368. The van der Waals surface area contributed by atoms with Crippen LogP contribution in [0.2, 0.25) is 0 Å². The monoisotopic (exact) mass is 344 g/mol. The van der Waals surface area contributed by atoms with Crippen LogP contribution >= 0.6 is 0 Å². The van der Waals surface area contributed by atoms with E-state index in [1.54, 1.807) is 48.1 Å². The van der Waals surface area contributed by atoms with Gasteiger partial charge in [0.1, 0.15) is 6.61 Å². The molecule has 1 heterocycles. The summed E-state index contributed by atoms with van der Waals surface area (Å²) in [7, 11) is 1.57. The summed E-state index contributed by atoms with van der Waals surface area (Å²) in [5.41, 5.74) is 0.846. The molecule has 1 aromatic rings. The summed E-state index contributed by atoms with van der Waals surface area (Å²) in [5.74, 6) is 1.22. The number of hydrogen-bond acceptors (Lipinski definition) is 4. The second-order valence-corrected chi connectivity index (χ2v) is 5.67. The standard InChI is InChI=1S/C19H24N2O4/c1-4-13-25-17-7-5-16(14-18(17)24-3)6-8-19(23)21-11-9-20(10-12-21)15(2)22/h4-8,14H,1,9-13H2,2-3H3. The SMILES string of the molecule is C=CCOc1ccc(C=CC(=O)N2CCN(C(C)=O)CC2)cc1OC. The van der Waals surface area contributed by atoms with Gasteiger partial charge in [-0.05, 0) is 23.8 Å². The molecule has 1 fully saturated rings. The quantitative estimate of drug-likeness (QED) is 0.585. The molecular weight excluding hydrogens is 320 g/mol. The van der Waals surface area contributed by atoms with Crippen LogP contribution in [0.3, 0.4) is 0 Å². The molecule has 0 atom stereocenters. The van der Waals surface area contributed by atoms with E-state index >= 15 is 0 Å². The van der Waals surface area contributed by atoms with Crippen LogP contribution in [0.4, 0.5) is 0 Å². The highest BCUT2D eigenvalue weighted by Crippen LogP contribution is 2.28. The van der Waals surface area contributed by atoms with Gasteiger partial charge in [-0.25, -0.2) is 0 Å². The summed E-state index contributed by atoms with van der Waals surface area (Å²) in [6.07, 6.45) is 4.96. The predicted molar refractivity (Wildman–Crippen MR) is 96.6 cm³/mol. The molecule has 0 aromatic heterocycles. The molecule has 1 aliphatic heterocycles. The third-order valence-corrected chi connectivity index (χ3v) is 4.00. The van der Waals surface area contributed by atoms with Gasteiger partial charge in [0.2, 0.25) is 11.8 Å². The first-order valence-electron chi connectivity index (χ1n) is 8.19. The minimum atomic E-state index is -0.0610. The normalized spacial score (nSPS) is 14.5. The van der Waals surface area contributed by atoms with Crippen LogP contribution < -0.4 is 9.47 Å². The molecule has 0 saturated carbocycles. The van der Waals surface area contributed by atoms with Gasteiger partial charge in [-0.15, -0.1) is 0 Å². The lowest BCUT2D eigenvalue weighted by molar-refractivity contribution is -0.135. The zero-order valence-corrected chi connectivity index (χ0v) is 14.7. The largest absolute Gasteiger partial charge is 0.493 e. The molecule has 2 amide bonds. The molecule has 134 valence electrons. The van der Waals surface area contributed by atoms with Crippen LogP contribution in [-0.4, -0.2) is 61.5 Å². The molecule has 2 rings (SSSR count). The summed E-state index contributed by atoms with van der Waals surface area (Å²) in [6, 6.07) is 5.48. The van der Waals surface area contributed by atoms with E-state index in [4.69, 9.17) is 9.47 Å². The summed E-state index contributed by atoms with van der Waals surface area (Å²) < 4.78 is 10.8. The van der Waals surface area contributed by atoms with Crippen molar-refractivity contribution in [1.29, 1.82) is 0 Å². The second-order valence-electron chi connectivity index (χ2n) is 5.67. The van der Waals surface area contributed by atoms with E-state index in [0.717, 1.165) is 5.56 Å². The number of benzene rings is 1. The van der Waals surface area contributed by atoms with Crippen LogP contribution in [0.1, 0.15) is 12.5 Å². The topological polar surface area (TPSA) is 59.1 Å². The van der Waals surface area contributed by atoms with Crippen molar-refractivity contribution >= 4 is 17.9 Å². The molecule has 0 aliphatic carbocycles. The number of carbonyl (C=O) groups is 2. The maximum Gasteiger partial charge on any atom is 0.246 e. The Morgan fingerprint density at radius 2 is 1.84 bits per heavy atom. The average molecular weight is 344 g/mol. The molecule has 0 N–H and O–H groups in total. The minimum Gasteiger partial charge on any atom is -0.493 e. The van der Waals surface area contributed by atoms with Gasteiger partial charge in [0.05, 0.1) is 7.11 Å². The van der Waals surface area contributed by atoms with Crippen molar-refractivity contribution in [1.82, 2.24) is 9.80 Å². The van der Waals surface area contributed by atoms with E-state index < -0.39 is 0 Å². The number of piperazine rings is 1. The van der Waals surface area contributed by atoms with Gasteiger partial charge >= 0.3 is 0 Å². The van der Waals surface area contributed by atoms with Crippen LogP contribution in [0.5, 0.6) is 11.5 Å². The van der Waals surface area contributed by atoms with Gasteiger partial charge in [-0.2, -0.15) is 0 Å². The Balaban J connectivity index is 1.98. The highest BCUT2D eigenvalue weighted by Gasteiger charge is 2.20. The van der Waals surface area contributed by atoms with Crippen molar-refractivity contribution in [2.75, 3.05) is 39.9 Å². The third-order valence-electron chi connectivity index (χ3n) is 4.00. The number of ether oxygens (including phenoxy) is 2. The molecule has 6 heteroatoms. The molecule has 1 saturated heterocycles. The van der Waals surface area contributed by atoms with Crippen molar-refractivity contribution < 1.29 is 19.1 Å². The van der Waals surface area contributed by atoms with Crippen molar-refractivity contribution in [3.8, 4) is 11.5 Å². The number of rotatable bonds is 6. The van der Waals surface area contributed by atoms with Crippen LogP contribution in [-0.2, 0) is 9.59 Å². The van der Waals surface area contributed by atoms with E-state index in [1.165, 1.54) is 0 Å². The molecule has 0 radical (unpaired) electrons. The van der Waals surface area contributed by atoms with E-state index in [9.17, 15) is 9.59 Å². The van der Waals surface area contributed by atoms with Crippen molar-refractivity contribution in [2.45, 2.75) is 6.92 Å². The van der Waals surface area contributed by atoms with Gasteiger partial charge < -0.3 is 19.3 Å². The zero-order chi connectivity index (χ0) is 18.2. The maximum absolute atomic E-state index is 12.3. The fourth-order valence-corrected chi connectivity index (χ4v) is 2.57. The number of nitrogens with zero attached hydrogens (tertiary/aromatic N) is 2. The Morgan fingerprint density at radius 3 is 2.44 bits per heavy atom. The molecule has 1 aliphatic rings. The Kier molecular flexibility index (Phi) is 6.62. The molecule has 0 unspecified atom stereocenters. The smallest absolute Gasteiger partial charge is 0.246 e. The molecular formula is C19H24N2O4. The lowest BCUT2D eigenvalue weighted by Crippen LogP contribution is -2.49. The predicted octanol–water partition coefficient (Wildman–Crippen LogP) is 1.96. The Bertz CT molecular complexity index is 661. The highest BCUT2D eigenvalue weighted by atomic mass is 16.5. The Morgan fingerprint density at radius 1 is 1.16 bits per heavy atom. The van der Waals surface area contributed by atoms with Crippen LogP contribution in [0, 0.1) is 0 Å². The molecule has 25 heavy (non-hydrogen) atoms. The van der Waals surface area contributed by atoms with Gasteiger partial charge in [-0.1, -0.05) is 18.7 Å². The lowest BCUT2D eigenvalue weighted by atomic mass is 10.2. The first-order valence-corrected chi connectivity index (χ1v) is 8.19. The molecule has 1 aromatic carbocycles.